The maximum Gasteiger partial charge on any atom is 0.411 e. The predicted molar refractivity (Wildman–Crippen MR) is 256 cm³/mol. The lowest BCUT2D eigenvalue weighted by atomic mass is 9.71. The second-order valence-corrected chi connectivity index (χ2v) is 18.1. The summed E-state index contributed by atoms with van der Waals surface area (Å²) >= 11 is 0. The van der Waals surface area contributed by atoms with Crippen molar-refractivity contribution in [3.05, 3.63) is 186 Å². The summed E-state index contributed by atoms with van der Waals surface area (Å²) < 4.78 is 88.4. The second-order valence-electron chi connectivity index (χ2n) is 18.1. The van der Waals surface area contributed by atoms with Crippen molar-refractivity contribution < 1.29 is 64.7 Å². The summed E-state index contributed by atoms with van der Waals surface area (Å²) in [6.07, 6.45) is -12.1. The van der Waals surface area contributed by atoms with Gasteiger partial charge >= 0.3 is 12.4 Å². The molecular weight excluding hydrogens is 959 g/mol. The molecule has 0 fully saturated rings. The molecule has 73 heavy (non-hydrogen) atoms. The molecule has 0 bridgehead atoms. The zero-order chi connectivity index (χ0) is 52.4. The van der Waals surface area contributed by atoms with Crippen molar-refractivity contribution in [2.24, 2.45) is 0 Å². The first-order valence-electron chi connectivity index (χ1n) is 22.0. The van der Waals surface area contributed by atoms with Gasteiger partial charge in [0, 0.05) is 0 Å². The number of carbonyl (C=O) groups excluding carboxylic acids is 8. The predicted octanol–water partition coefficient (Wildman–Crippen LogP) is 10.6. The van der Waals surface area contributed by atoms with E-state index >= 15 is 0 Å². The van der Waals surface area contributed by atoms with Crippen LogP contribution in [0.2, 0.25) is 0 Å². The minimum absolute atomic E-state index is 0. The van der Waals surface area contributed by atoms with Gasteiger partial charge in [-0.05, 0) is 153 Å². The lowest BCUT2D eigenvalue weighted by Gasteiger charge is -2.38. The summed E-state index contributed by atoms with van der Waals surface area (Å²) in [4.78, 5) is 103. The Morgan fingerprint density at radius 1 is 0.370 bits per heavy atom. The largest absolute Gasteiger partial charge is 0.411 e. The van der Waals surface area contributed by atoms with E-state index in [-0.39, 0.29) is 36.1 Å². The normalized spacial score (nSPS) is 14.9. The highest BCUT2D eigenvalue weighted by atomic mass is 19.4. The van der Waals surface area contributed by atoms with Gasteiger partial charge in [-0.2, -0.15) is 26.3 Å². The number of nitrogens with one attached hydrogen (secondary N) is 2. The van der Waals surface area contributed by atoms with E-state index in [1.807, 2.05) is 39.1 Å². The molecule has 18 heteroatoms. The van der Waals surface area contributed by atoms with Gasteiger partial charge in [0.1, 0.15) is 0 Å². The molecule has 0 aliphatic carbocycles. The van der Waals surface area contributed by atoms with Crippen molar-refractivity contribution >= 4 is 58.6 Å². The van der Waals surface area contributed by atoms with E-state index in [9.17, 15) is 64.7 Å². The molecule has 8 amide bonds. The molecule has 4 aliphatic heterocycles. The molecule has 0 unspecified atom stereocenters. The number of imide groups is 4. The number of nitrogens with zero attached hydrogens (tertiary/aromatic N) is 2. The summed E-state index contributed by atoms with van der Waals surface area (Å²) in [5.41, 5.74) is -0.177. The molecular formula is C55H42F6N4O8. The number of anilines is 2. The van der Waals surface area contributed by atoms with Crippen molar-refractivity contribution in [2.75, 3.05) is 9.80 Å². The van der Waals surface area contributed by atoms with Crippen molar-refractivity contribution in [3.63, 3.8) is 0 Å². The highest BCUT2D eigenvalue weighted by Crippen LogP contribution is 2.57. The number of benzene rings is 6. The van der Waals surface area contributed by atoms with Crippen LogP contribution in [-0.2, 0) is 5.41 Å². The quantitative estimate of drug-likeness (QED) is 0.127. The monoisotopic (exact) mass is 1000 g/mol. The van der Waals surface area contributed by atoms with E-state index < -0.39 is 75.5 Å². The Kier molecular flexibility index (Phi) is 12.1. The Morgan fingerprint density at radius 2 is 0.726 bits per heavy atom. The van der Waals surface area contributed by atoms with Gasteiger partial charge < -0.3 is 0 Å². The molecule has 0 aromatic heterocycles. The standard InChI is InChI=1S/C28H18F6N2O4.C26H20N2O4.CH4/c1-12-8-13(2)21(14(3)9-12)36-24(39)18-7-5-16(11-20(18)25(36)40)26(27(29,30)31,28(32,33)34)15-4-6-17-19(10-15)23(38)35-22(17)37;1-12-9-13(2)22(15(4)14(12)3)28-25(31)19-8-6-17(11-21(19)26(28)32)16-5-7-18-20(10-16)24(30)27-23(18)29;/h4-11H,1-3H3,(H,35,37,38);5-11H,1-4H3,(H,27,29,30);1H4. The maximum atomic E-state index is 14.7. The van der Waals surface area contributed by atoms with Gasteiger partial charge in [0.25, 0.3) is 47.3 Å². The Balaban J connectivity index is 0.000000197. The van der Waals surface area contributed by atoms with Crippen LogP contribution in [0, 0.1) is 48.5 Å². The molecule has 0 spiro atoms. The Hall–Kier alpha value is -8.54. The molecule has 12 nitrogen and oxygen atoms in total. The molecule has 2 N–H and O–H groups in total. The Labute approximate surface area is 413 Å². The molecule has 10 rings (SSSR count). The van der Waals surface area contributed by atoms with Crippen LogP contribution in [-0.4, -0.2) is 59.6 Å². The molecule has 372 valence electrons. The van der Waals surface area contributed by atoms with Crippen molar-refractivity contribution in [1.29, 1.82) is 0 Å². The Bertz CT molecular complexity index is 3520. The van der Waals surface area contributed by atoms with Crippen LogP contribution in [0.1, 0.15) is 140 Å². The molecule has 4 heterocycles. The van der Waals surface area contributed by atoms with E-state index in [0.29, 0.717) is 80.5 Å². The van der Waals surface area contributed by atoms with E-state index in [4.69, 9.17) is 0 Å². The number of hydrogen-bond donors (Lipinski definition) is 2. The highest BCUT2D eigenvalue weighted by molar-refractivity contribution is 6.36. The van der Waals surface area contributed by atoms with Gasteiger partial charge in [-0.25, -0.2) is 9.80 Å². The lowest BCUT2D eigenvalue weighted by molar-refractivity contribution is -0.288. The van der Waals surface area contributed by atoms with Crippen molar-refractivity contribution in [1.82, 2.24) is 10.6 Å². The van der Waals surface area contributed by atoms with Crippen LogP contribution in [0.25, 0.3) is 11.1 Å². The number of rotatable bonds is 5. The number of aryl methyl sites for hydroxylation is 5. The molecule has 6 aromatic carbocycles. The average Bonchev–Trinajstić information content (AvgIpc) is 3.93. The third kappa shape index (κ3) is 7.61. The van der Waals surface area contributed by atoms with Gasteiger partial charge in [-0.15, -0.1) is 0 Å². The summed E-state index contributed by atoms with van der Waals surface area (Å²) in [6.45, 7) is 12.9. The van der Waals surface area contributed by atoms with Crippen LogP contribution in [0.15, 0.2) is 91.0 Å². The average molecular weight is 1000 g/mol. The smallest absolute Gasteiger partial charge is 0.288 e. The minimum Gasteiger partial charge on any atom is -0.288 e. The summed E-state index contributed by atoms with van der Waals surface area (Å²) in [5, 5.41) is 4.10. The fourth-order valence-electron chi connectivity index (χ4n) is 10.2. The van der Waals surface area contributed by atoms with Crippen LogP contribution in [0.4, 0.5) is 37.7 Å². The van der Waals surface area contributed by atoms with Gasteiger partial charge in [-0.1, -0.05) is 55.5 Å². The molecule has 4 aliphatic rings. The molecule has 0 saturated heterocycles. The van der Waals surface area contributed by atoms with Gasteiger partial charge in [0.2, 0.25) is 5.41 Å². The number of carbonyl (C=O) groups is 8. The molecule has 0 atom stereocenters. The first kappa shape index (κ1) is 50.8. The van der Waals surface area contributed by atoms with Crippen LogP contribution in [0.3, 0.4) is 0 Å². The first-order valence-corrected chi connectivity index (χ1v) is 22.0. The number of amides is 8. The van der Waals surface area contributed by atoms with E-state index in [0.717, 1.165) is 38.8 Å². The van der Waals surface area contributed by atoms with Crippen molar-refractivity contribution in [3.8, 4) is 11.1 Å². The van der Waals surface area contributed by atoms with E-state index in [1.165, 1.54) is 4.90 Å². The Morgan fingerprint density at radius 3 is 1.22 bits per heavy atom. The second kappa shape index (κ2) is 17.3. The maximum absolute atomic E-state index is 14.7. The zero-order valence-corrected chi connectivity index (χ0v) is 39.1. The first-order chi connectivity index (χ1) is 33.7. The van der Waals surface area contributed by atoms with Gasteiger partial charge in [0.15, 0.2) is 0 Å². The molecule has 0 saturated carbocycles. The van der Waals surface area contributed by atoms with Crippen LogP contribution in [0.5, 0.6) is 0 Å². The summed E-state index contributed by atoms with van der Waals surface area (Å²) in [7, 11) is 0. The molecule has 0 radical (unpaired) electrons. The number of fused-ring (bicyclic) bond motifs is 4. The SMILES string of the molecule is C.Cc1cc(C)c(N2C(=O)c3ccc(-c4ccc5c(c4)C(=O)NC5=O)cc3C2=O)c(C)c1C.Cc1cc(C)c(N2C(=O)c3ccc(C(c4ccc5c(c4)C(=O)NC5=O)(C(F)(F)F)C(F)(F)F)cc3C2=O)c(C)c1. The zero-order valence-electron chi connectivity index (χ0n) is 39.1. The summed E-state index contributed by atoms with van der Waals surface area (Å²) in [5.74, 6) is -5.63. The van der Waals surface area contributed by atoms with Crippen LogP contribution < -0.4 is 20.4 Å². The summed E-state index contributed by atoms with van der Waals surface area (Å²) in [6, 6.07) is 18.7. The third-order valence-electron chi connectivity index (χ3n) is 13.7. The highest BCUT2D eigenvalue weighted by Gasteiger charge is 2.73. The van der Waals surface area contributed by atoms with Gasteiger partial charge in [-0.3, -0.25) is 49.0 Å². The van der Waals surface area contributed by atoms with Gasteiger partial charge in [0.05, 0.1) is 55.9 Å². The van der Waals surface area contributed by atoms with E-state index in [2.05, 4.69) is 5.32 Å². The third-order valence-corrected chi connectivity index (χ3v) is 13.7. The van der Waals surface area contributed by atoms with Crippen LogP contribution >= 0.6 is 0 Å². The van der Waals surface area contributed by atoms with Crippen molar-refractivity contribution in [2.45, 2.75) is 73.7 Å². The topological polar surface area (TPSA) is 167 Å². The lowest BCUT2D eigenvalue weighted by Crippen LogP contribution is -2.55. The van der Waals surface area contributed by atoms with E-state index in [1.54, 1.807) is 69.3 Å². The number of alkyl halides is 6. The number of hydrogen-bond acceptors (Lipinski definition) is 8. The molecule has 6 aromatic rings. The fourth-order valence-corrected chi connectivity index (χ4v) is 10.2. The fraction of sp³-hybridized carbons (Fsp3) is 0.200. The minimum atomic E-state index is -6.03. The number of halogens is 6.